The number of ether oxygens (including phenoxy) is 2. The molecule has 0 spiro atoms. The van der Waals surface area contributed by atoms with Crippen LogP contribution in [0, 0.1) is 0 Å². The molecule has 28 heavy (non-hydrogen) atoms. The maximum Gasteiger partial charge on any atom is 0.338 e. The van der Waals surface area contributed by atoms with Gasteiger partial charge in [-0.05, 0) is 29.3 Å². The third kappa shape index (κ3) is 5.05. The third-order valence-electron chi connectivity index (χ3n) is 4.09. The summed E-state index contributed by atoms with van der Waals surface area (Å²) in [5.41, 5.74) is 3.79. The Labute approximate surface area is 163 Å². The number of esters is 1. The molecule has 0 saturated carbocycles. The molecule has 0 bridgehead atoms. The zero-order valence-electron chi connectivity index (χ0n) is 15.6. The van der Waals surface area contributed by atoms with Crippen molar-refractivity contribution >= 4 is 17.6 Å². The maximum absolute atomic E-state index is 12.3. The van der Waals surface area contributed by atoms with Crippen molar-refractivity contribution in [2.24, 2.45) is 0 Å². The molecule has 0 atom stereocenters. The van der Waals surface area contributed by atoms with E-state index in [4.69, 9.17) is 9.47 Å². The predicted octanol–water partition coefficient (Wildman–Crippen LogP) is 4.30. The number of anilines is 1. The van der Waals surface area contributed by atoms with Crippen molar-refractivity contribution in [2.75, 3.05) is 19.0 Å². The van der Waals surface area contributed by atoms with Crippen LogP contribution in [0.4, 0.5) is 5.69 Å². The monoisotopic (exact) mass is 375 g/mol. The molecule has 0 unspecified atom stereocenters. The summed E-state index contributed by atoms with van der Waals surface area (Å²) in [6.07, 6.45) is 0. The Morgan fingerprint density at radius 1 is 0.893 bits per heavy atom. The van der Waals surface area contributed by atoms with Gasteiger partial charge in [-0.25, -0.2) is 4.79 Å². The second-order valence-corrected chi connectivity index (χ2v) is 6.17. The number of carbonyl (C=O) groups excluding carboxylic acids is 2. The largest absolute Gasteiger partial charge is 0.452 e. The van der Waals surface area contributed by atoms with Gasteiger partial charge in [0.1, 0.15) is 0 Å². The van der Waals surface area contributed by atoms with E-state index < -0.39 is 11.9 Å². The van der Waals surface area contributed by atoms with Gasteiger partial charge in [0.2, 0.25) is 0 Å². The summed E-state index contributed by atoms with van der Waals surface area (Å²) >= 11 is 0. The quantitative estimate of drug-likeness (QED) is 0.626. The standard InChI is InChI=1S/C23H21NO4/c1-27-15-17-8-7-11-19(14-17)23(26)28-16-22(25)24-21-13-6-5-12-20(21)18-9-3-2-4-10-18/h2-14H,15-16H2,1H3,(H,24,25). The van der Waals surface area contributed by atoms with Gasteiger partial charge in [-0.2, -0.15) is 0 Å². The summed E-state index contributed by atoms with van der Waals surface area (Å²) < 4.78 is 10.2. The van der Waals surface area contributed by atoms with Crippen LogP contribution in [-0.4, -0.2) is 25.6 Å². The molecule has 142 valence electrons. The number of benzene rings is 3. The summed E-state index contributed by atoms with van der Waals surface area (Å²) in [5, 5.41) is 2.81. The fourth-order valence-electron chi connectivity index (χ4n) is 2.82. The minimum Gasteiger partial charge on any atom is -0.452 e. The Morgan fingerprint density at radius 2 is 1.64 bits per heavy atom. The molecule has 1 amide bonds. The van der Waals surface area contributed by atoms with Gasteiger partial charge in [0.25, 0.3) is 5.91 Å². The van der Waals surface area contributed by atoms with Gasteiger partial charge in [-0.15, -0.1) is 0 Å². The number of nitrogens with one attached hydrogen (secondary N) is 1. The number of hydrogen-bond acceptors (Lipinski definition) is 4. The highest BCUT2D eigenvalue weighted by Gasteiger charge is 2.12. The zero-order chi connectivity index (χ0) is 19.8. The normalized spacial score (nSPS) is 10.3. The summed E-state index contributed by atoms with van der Waals surface area (Å²) in [4.78, 5) is 24.5. The molecule has 0 aliphatic heterocycles. The minimum atomic E-state index is -0.551. The Hall–Kier alpha value is -3.44. The minimum absolute atomic E-state index is 0.365. The van der Waals surface area contributed by atoms with Crippen molar-refractivity contribution in [3.8, 4) is 11.1 Å². The van der Waals surface area contributed by atoms with Gasteiger partial charge in [-0.3, -0.25) is 4.79 Å². The summed E-state index contributed by atoms with van der Waals surface area (Å²) in [5.74, 6) is -0.950. The van der Waals surface area contributed by atoms with Crippen molar-refractivity contribution in [3.05, 3.63) is 90.0 Å². The van der Waals surface area contributed by atoms with Gasteiger partial charge in [-0.1, -0.05) is 60.7 Å². The van der Waals surface area contributed by atoms with E-state index in [1.165, 1.54) is 0 Å². The van der Waals surface area contributed by atoms with Gasteiger partial charge >= 0.3 is 5.97 Å². The predicted molar refractivity (Wildman–Crippen MR) is 108 cm³/mol. The number of amides is 1. The van der Waals surface area contributed by atoms with Crippen molar-refractivity contribution in [3.63, 3.8) is 0 Å². The van der Waals surface area contributed by atoms with E-state index in [1.807, 2.05) is 60.7 Å². The second kappa shape index (κ2) is 9.48. The molecule has 3 aromatic carbocycles. The Balaban J connectivity index is 1.62. The van der Waals surface area contributed by atoms with Crippen LogP contribution in [0.3, 0.4) is 0 Å². The first-order valence-corrected chi connectivity index (χ1v) is 8.86. The maximum atomic E-state index is 12.3. The van der Waals surface area contributed by atoms with E-state index in [0.717, 1.165) is 16.7 Å². The molecule has 3 rings (SSSR count). The molecular formula is C23H21NO4. The number of carbonyl (C=O) groups is 2. The van der Waals surface area contributed by atoms with Crippen molar-refractivity contribution in [1.29, 1.82) is 0 Å². The van der Waals surface area contributed by atoms with Crippen LogP contribution in [0.1, 0.15) is 15.9 Å². The van der Waals surface area contributed by atoms with Crippen LogP contribution in [0.5, 0.6) is 0 Å². The van der Waals surface area contributed by atoms with Crippen LogP contribution in [-0.2, 0) is 20.9 Å². The number of para-hydroxylation sites is 1. The molecule has 0 fully saturated rings. The highest BCUT2D eigenvalue weighted by Crippen LogP contribution is 2.27. The lowest BCUT2D eigenvalue weighted by molar-refractivity contribution is -0.119. The Kier molecular flexibility index (Phi) is 6.54. The van der Waals surface area contributed by atoms with Crippen LogP contribution >= 0.6 is 0 Å². The lowest BCUT2D eigenvalue weighted by atomic mass is 10.0. The topological polar surface area (TPSA) is 64.6 Å². The average Bonchev–Trinajstić information content (AvgIpc) is 2.73. The van der Waals surface area contributed by atoms with E-state index in [0.29, 0.717) is 17.9 Å². The van der Waals surface area contributed by atoms with Gasteiger partial charge in [0.15, 0.2) is 6.61 Å². The Bertz CT molecular complexity index is 954. The van der Waals surface area contributed by atoms with E-state index in [2.05, 4.69) is 5.32 Å². The lowest BCUT2D eigenvalue weighted by Gasteiger charge is -2.12. The summed E-state index contributed by atoms with van der Waals surface area (Å²) in [7, 11) is 1.59. The summed E-state index contributed by atoms with van der Waals surface area (Å²) in [6, 6.07) is 24.2. The van der Waals surface area contributed by atoms with Crippen molar-refractivity contribution < 1.29 is 19.1 Å². The molecule has 3 aromatic rings. The van der Waals surface area contributed by atoms with Gasteiger partial charge in [0, 0.05) is 18.4 Å². The smallest absolute Gasteiger partial charge is 0.338 e. The first kappa shape index (κ1) is 19.3. The molecule has 0 radical (unpaired) electrons. The van der Waals surface area contributed by atoms with Crippen molar-refractivity contribution in [2.45, 2.75) is 6.61 Å². The molecule has 0 heterocycles. The number of hydrogen-bond donors (Lipinski definition) is 1. The summed E-state index contributed by atoms with van der Waals surface area (Å²) in [6.45, 7) is 0.0361. The van der Waals surface area contributed by atoms with Crippen LogP contribution in [0.15, 0.2) is 78.9 Å². The first-order valence-electron chi connectivity index (χ1n) is 8.86. The van der Waals surface area contributed by atoms with E-state index in [-0.39, 0.29) is 6.61 Å². The Morgan fingerprint density at radius 3 is 2.43 bits per heavy atom. The van der Waals surface area contributed by atoms with Gasteiger partial charge in [0.05, 0.1) is 12.2 Å². The molecule has 0 saturated heterocycles. The zero-order valence-corrected chi connectivity index (χ0v) is 15.6. The fraction of sp³-hybridized carbons (Fsp3) is 0.130. The van der Waals surface area contributed by atoms with Crippen LogP contribution < -0.4 is 5.32 Å². The number of rotatable bonds is 7. The molecule has 0 aliphatic rings. The van der Waals surface area contributed by atoms with Crippen LogP contribution in [0.2, 0.25) is 0 Å². The fourth-order valence-corrected chi connectivity index (χ4v) is 2.82. The lowest BCUT2D eigenvalue weighted by Crippen LogP contribution is -2.21. The highest BCUT2D eigenvalue weighted by molar-refractivity contribution is 5.98. The molecule has 0 aliphatic carbocycles. The molecule has 0 aromatic heterocycles. The third-order valence-corrected chi connectivity index (χ3v) is 4.09. The molecular weight excluding hydrogens is 354 g/mol. The van der Waals surface area contributed by atoms with Crippen molar-refractivity contribution in [1.82, 2.24) is 0 Å². The molecule has 5 nitrogen and oxygen atoms in total. The number of methoxy groups -OCH3 is 1. The van der Waals surface area contributed by atoms with E-state index >= 15 is 0 Å². The van der Waals surface area contributed by atoms with E-state index in [9.17, 15) is 9.59 Å². The molecule has 5 heteroatoms. The highest BCUT2D eigenvalue weighted by atomic mass is 16.5. The first-order chi connectivity index (χ1) is 13.7. The average molecular weight is 375 g/mol. The van der Waals surface area contributed by atoms with Gasteiger partial charge < -0.3 is 14.8 Å². The SMILES string of the molecule is COCc1cccc(C(=O)OCC(=O)Nc2ccccc2-c2ccccc2)c1. The molecule has 1 N–H and O–H groups in total. The second-order valence-electron chi connectivity index (χ2n) is 6.17. The van der Waals surface area contributed by atoms with E-state index in [1.54, 1.807) is 25.3 Å². The van der Waals surface area contributed by atoms with Crippen LogP contribution in [0.25, 0.3) is 11.1 Å².